The van der Waals surface area contributed by atoms with Crippen LogP contribution in [0.2, 0.25) is 0 Å². The number of rotatable bonds is 3. The molecule has 1 aromatic carbocycles. The number of carbonyl (C=O) groups is 2. The number of aromatic nitrogens is 1. The Bertz CT molecular complexity index is 962. The van der Waals surface area contributed by atoms with Crippen LogP contribution in [-0.4, -0.2) is 21.5 Å². The zero-order valence-corrected chi connectivity index (χ0v) is 15.5. The van der Waals surface area contributed by atoms with E-state index in [4.69, 9.17) is 12.2 Å². The molecule has 134 valence electrons. The summed E-state index contributed by atoms with van der Waals surface area (Å²) in [4.78, 5) is 26.3. The summed E-state index contributed by atoms with van der Waals surface area (Å²) in [6, 6.07) is 7.71. The van der Waals surface area contributed by atoms with Crippen LogP contribution in [0.25, 0.3) is 6.08 Å². The van der Waals surface area contributed by atoms with Gasteiger partial charge in [0.15, 0.2) is 5.11 Å². The molecule has 2 heterocycles. The highest BCUT2D eigenvalue weighted by Crippen LogP contribution is 2.25. The summed E-state index contributed by atoms with van der Waals surface area (Å²) in [5.74, 6) is -1.83. The average molecular weight is 371 g/mol. The van der Waals surface area contributed by atoms with E-state index in [2.05, 4.69) is 9.88 Å². The number of nitrogens with one attached hydrogen (secondary N) is 1. The van der Waals surface area contributed by atoms with E-state index in [1.165, 1.54) is 24.3 Å². The van der Waals surface area contributed by atoms with Crippen molar-refractivity contribution in [2.24, 2.45) is 0 Å². The highest BCUT2D eigenvalue weighted by Gasteiger charge is 2.35. The predicted octanol–water partition coefficient (Wildman–Crippen LogP) is 3.10. The van der Waals surface area contributed by atoms with Crippen LogP contribution in [0, 0.1) is 19.7 Å². The molecule has 7 heteroatoms. The van der Waals surface area contributed by atoms with Gasteiger partial charge < -0.3 is 4.57 Å². The number of thiocarbonyl (C=S) groups is 1. The van der Waals surface area contributed by atoms with Gasteiger partial charge in [-0.2, -0.15) is 0 Å². The van der Waals surface area contributed by atoms with E-state index in [0.717, 1.165) is 28.4 Å². The molecule has 0 bridgehead atoms. The lowest BCUT2D eigenvalue weighted by Crippen LogP contribution is -2.54. The van der Waals surface area contributed by atoms with Crippen LogP contribution >= 0.6 is 12.2 Å². The molecule has 1 N–H and O–H groups in total. The maximum Gasteiger partial charge on any atom is 0.270 e. The minimum absolute atomic E-state index is 0.00688. The summed E-state index contributed by atoms with van der Waals surface area (Å²) in [5.41, 5.74) is 2.67. The van der Waals surface area contributed by atoms with Gasteiger partial charge in [-0.3, -0.25) is 14.9 Å². The molecule has 3 rings (SSSR count). The molecular weight excluding hydrogens is 353 g/mol. The molecular formula is C19H18FN3O2S. The number of aryl methyl sites for hydroxylation is 1. The van der Waals surface area contributed by atoms with Gasteiger partial charge in [-0.1, -0.05) is 12.1 Å². The normalized spacial score (nSPS) is 16.4. The Kier molecular flexibility index (Phi) is 4.73. The number of para-hydroxylation sites is 1. The first-order valence-electron chi connectivity index (χ1n) is 8.17. The lowest BCUT2D eigenvalue weighted by atomic mass is 10.1. The van der Waals surface area contributed by atoms with Crippen molar-refractivity contribution in [3.05, 3.63) is 58.7 Å². The molecule has 0 atom stereocenters. The molecule has 1 aliphatic heterocycles. The summed E-state index contributed by atoms with van der Waals surface area (Å²) in [6.07, 6.45) is 1.53. The van der Waals surface area contributed by atoms with Gasteiger partial charge >= 0.3 is 0 Å². The molecule has 0 aliphatic carbocycles. The Morgan fingerprint density at radius 2 is 1.92 bits per heavy atom. The van der Waals surface area contributed by atoms with Crippen molar-refractivity contribution in [2.45, 2.75) is 27.3 Å². The van der Waals surface area contributed by atoms with Crippen molar-refractivity contribution in [3.63, 3.8) is 0 Å². The number of carbonyl (C=O) groups excluding carboxylic acids is 2. The van der Waals surface area contributed by atoms with Gasteiger partial charge in [-0.15, -0.1) is 0 Å². The van der Waals surface area contributed by atoms with Gasteiger partial charge in [0.1, 0.15) is 11.4 Å². The topological polar surface area (TPSA) is 54.3 Å². The third-order valence-corrected chi connectivity index (χ3v) is 4.71. The molecule has 2 aromatic rings. The molecule has 1 aliphatic rings. The summed E-state index contributed by atoms with van der Waals surface area (Å²) in [5, 5.41) is 2.33. The van der Waals surface area contributed by atoms with Crippen LogP contribution in [0.15, 0.2) is 35.9 Å². The van der Waals surface area contributed by atoms with Gasteiger partial charge in [-0.05, 0) is 62.8 Å². The Morgan fingerprint density at radius 3 is 2.54 bits per heavy atom. The fraction of sp³-hybridized carbons (Fsp3) is 0.211. The van der Waals surface area contributed by atoms with Gasteiger partial charge in [0.2, 0.25) is 0 Å². The minimum atomic E-state index is -0.648. The molecule has 0 unspecified atom stereocenters. The Balaban J connectivity index is 2.08. The van der Waals surface area contributed by atoms with Crippen LogP contribution < -0.4 is 10.2 Å². The quantitative estimate of drug-likeness (QED) is 0.512. The van der Waals surface area contributed by atoms with Gasteiger partial charge in [0.05, 0.1) is 5.69 Å². The largest absolute Gasteiger partial charge is 0.349 e. The third kappa shape index (κ3) is 2.94. The lowest BCUT2D eigenvalue weighted by molar-refractivity contribution is -0.122. The summed E-state index contributed by atoms with van der Waals surface area (Å²) >= 11 is 5.09. The molecule has 5 nitrogen and oxygen atoms in total. The molecule has 0 saturated carbocycles. The van der Waals surface area contributed by atoms with E-state index in [1.807, 2.05) is 26.8 Å². The first-order chi connectivity index (χ1) is 12.3. The van der Waals surface area contributed by atoms with Crippen molar-refractivity contribution in [3.8, 4) is 0 Å². The zero-order valence-electron chi connectivity index (χ0n) is 14.7. The van der Waals surface area contributed by atoms with Crippen LogP contribution in [-0.2, 0) is 16.1 Å². The van der Waals surface area contributed by atoms with Crippen LogP contribution in [0.3, 0.4) is 0 Å². The molecule has 26 heavy (non-hydrogen) atoms. The predicted molar refractivity (Wildman–Crippen MR) is 102 cm³/mol. The zero-order chi connectivity index (χ0) is 19.0. The van der Waals surface area contributed by atoms with Crippen LogP contribution in [0.5, 0.6) is 0 Å². The standard InChI is InChI=1S/C19H18FN3O2S/c1-4-22-11(2)9-13(12(22)3)10-14-17(24)21-19(26)23(18(14)25)16-8-6-5-7-15(16)20/h5-10H,4H2,1-3H3,(H,21,24,26)/b14-10+. The van der Waals surface area contributed by atoms with E-state index >= 15 is 0 Å². The minimum Gasteiger partial charge on any atom is -0.349 e. The number of benzene rings is 1. The molecule has 1 fully saturated rings. The molecule has 1 aromatic heterocycles. The van der Waals surface area contributed by atoms with E-state index in [-0.39, 0.29) is 16.4 Å². The van der Waals surface area contributed by atoms with Gasteiger partial charge in [-0.25, -0.2) is 9.29 Å². The van der Waals surface area contributed by atoms with E-state index < -0.39 is 17.6 Å². The smallest absolute Gasteiger partial charge is 0.270 e. The number of halogens is 1. The maximum absolute atomic E-state index is 14.1. The second-order valence-corrected chi connectivity index (χ2v) is 6.37. The van der Waals surface area contributed by atoms with Crippen LogP contribution in [0.4, 0.5) is 10.1 Å². The summed E-state index contributed by atoms with van der Waals surface area (Å²) in [6.45, 7) is 6.69. The van der Waals surface area contributed by atoms with Crippen molar-refractivity contribution in [1.29, 1.82) is 0 Å². The van der Waals surface area contributed by atoms with E-state index in [9.17, 15) is 14.0 Å². The Hall–Kier alpha value is -2.80. The van der Waals surface area contributed by atoms with Crippen LogP contribution in [0.1, 0.15) is 23.9 Å². The van der Waals surface area contributed by atoms with Crippen molar-refractivity contribution < 1.29 is 14.0 Å². The Morgan fingerprint density at radius 1 is 1.23 bits per heavy atom. The Labute approximate surface area is 156 Å². The third-order valence-electron chi connectivity index (χ3n) is 4.42. The number of amides is 2. The molecule has 1 saturated heterocycles. The molecule has 0 radical (unpaired) electrons. The highest BCUT2D eigenvalue weighted by molar-refractivity contribution is 7.80. The highest BCUT2D eigenvalue weighted by atomic mass is 32.1. The fourth-order valence-corrected chi connectivity index (χ4v) is 3.40. The summed E-state index contributed by atoms with van der Waals surface area (Å²) < 4.78 is 16.2. The van der Waals surface area contributed by atoms with Crippen molar-refractivity contribution >= 4 is 40.9 Å². The first-order valence-corrected chi connectivity index (χ1v) is 8.58. The van der Waals surface area contributed by atoms with Gasteiger partial charge in [0, 0.05) is 17.9 Å². The number of nitrogens with zero attached hydrogens (tertiary/aromatic N) is 2. The first kappa shape index (κ1) is 18.0. The lowest BCUT2D eigenvalue weighted by Gasteiger charge is -2.29. The number of hydrogen-bond acceptors (Lipinski definition) is 3. The monoisotopic (exact) mass is 371 g/mol. The average Bonchev–Trinajstić information content (AvgIpc) is 2.86. The SMILES string of the molecule is CCn1c(C)cc(/C=C2\C(=O)NC(=S)N(c3ccccc3F)C2=O)c1C. The number of hydrogen-bond donors (Lipinski definition) is 1. The second-order valence-electron chi connectivity index (χ2n) is 5.98. The van der Waals surface area contributed by atoms with Crippen molar-refractivity contribution in [2.75, 3.05) is 4.90 Å². The molecule has 2 amide bonds. The van der Waals surface area contributed by atoms with Gasteiger partial charge in [0.25, 0.3) is 11.8 Å². The summed E-state index contributed by atoms with van der Waals surface area (Å²) in [7, 11) is 0. The second kappa shape index (κ2) is 6.84. The van der Waals surface area contributed by atoms with E-state index in [0.29, 0.717) is 0 Å². The molecule has 0 spiro atoms. The van der Waals surface area contributed by atoms with Crippen molar-refractivity contribution in [1.82, 2.24) is 9.88 Å². The number of anilines is 1. The maximum atomic E-state index is 14.1. The van der Waals surface area contributed by atoms with E-state index in [1.54, 1.807) is 6.07 Å². The fourth-order valence-electron chi connectivity index (χ4n) is 3.13.